The summed E-state index contributed by atoms with van der Waals surface area (Å²) in [6.45, 7) is 10.7. The van der Waals surface area contributed by atoms with E-state index in [2.05, 4.69) is 5.32 Å². The van der Waals surface area contributed by atoms with Crippen molar-refractivity contribution in [3.63, 3.8) is 0 Å². The summed E-state index contributed by atoms with van der Waals surface area (Å²) in [7, 11) is -2.20. The third-order valence-electron chi connectivity index (χ3n) is 5.35. The van der Waals surface area contributed by atoms with Gasteiger partial charge in [0, 0.05) is 12.1 Å². The molecule has 0 aliphatic carbocycles. The van der Waals surface area contributed by atoms with E-state index < -0.39 is 34.1 Å². The van der Waals surface area contributed by atoms with E-state index in [0.717, 1.165) is 27.3 Å². The molecule has 0 aliphatic heterocycles. The standard InChI is InChI=1S/C26H37N3O5S/c1-18-13-19(2)15-22(14-18)29(35(8,32)33)17-24(30)28(20(3)25(31)27-26(4,5)6)16-21-9-11-23(34-7)12-10-21/h9-15,20H,16-17H2,1-8H3,(H,27,31). The molecular formula is C26H37N3O5S. The Morgan fingerprint density at radius 1 is 1.03 bits per heavy atom. The highest BCUT2D eigenvalue weighted by Gasteiger charge is 2.31. The Bertz CT molecular complexity index is 1130. The summed E-state index contributed by atoms with van der Waals surface area (Å²) in [5, 5.41) is 2.90. The summed E-state index contributed by atoms with van der Waals surface area (Å²) in [5.74, 6) is -0.137. The van der Waals surface area contributed by atoms with Gasteiger partial charge in [0.15, 0.2) is 0 Å². The predicted molar refractivity (Wildman–Crippen MR) is 139 cm³/mol. The Morgan fingerprint density at radius 3 is 2.03 bits per heavy atom. The molecule has 0 bridgehead atoms. The van der Waals surface area contributed by atoms with E-state index >= 15 is 0 Å². The SMILES string of the molecule is COc1ccc(CN(C(=O)CN(c2cc(C)cc(C)c2)S(C)(=O)=O)C(C)C(=O)NC(C)(C)C)cc1. The highest BCUT2D eigenvalue weighted by molar-refractivity contribution is 7.92. The summed E-state index contributed by atoms with van der Waals surface area (Å²) in [6.07, 6.45) is 1.07. The number of carbonyl (C=O) groups excluding carboxylic acids is 2. The van der Waals surface area contributed by atoms with Gasteiger partial charge in [0.1, 0.15) is 18.3 Å². The fourth-order valence-electron chi connectivity index (χ4n) is 3.69. The molecule has 0 saturated carbocycles. The molecule has 0 spiro atoms. The largest absolute Gasteiger partial charge is 0.497 e. The molecule has 2 aromatic carbocycles. The number of rotatable bonds is 9. The van der Waals surface area contributed by atoms with Gasteiger partial charge in [0.2, 0.25) is 21.8 Å². The first-order chi connectivity index (χ1) is 16.1. The lowest BCUT2D eigenvalue weighted by Gasteiger charge is -2.33. The molecule has 0 fully saturated rings. The lowest BCUT2D eigenvalue weighted by molar-refractivity contribution is -0.140. The molecule has 2 amide bonds. The van der Waals surface area contributed by atoms with E-state index in [9.17, 15) is 18.0 Å². The van der Waals surface area contributed by atoms with Gasteiger partial charge >= 0.3 is 0 Å². The number of amides is 2. The Balaban J connectivity index is 2.43. The number of methoxy groups -OCH3 is 1. The number of ether oxygens (including phenoxy) is 1. The van der Waals surface area contributed by atoms with Crippen molar-refractivity contribution in [1.82, 2.24) is 10.2 Å². The van der Waals surface area contributed by atoms with Crippen molar-refractivity contribution >= 4 is 27.5 Å². The minimum Gasteiger partial charge on any atom is -0.497 e. The molecule has 9 heteroatoms. The second kappa shape index (κ2) is 11.1. The molecule has 1 unspecified atom stereocenters. The number of nitrogens with zero attached hydrogens (tertiary/aromatic N) is 2. The average molecular weight is 504 g/mol. The molecule has 8 nitrogen and oxygen atoms in total. The van der Waals surface area contributed by atoms with Gasteiger partial charge in [-0.1, -0.05) is 18.2 Å². The maximum absolute atomic E-state index is 13.6. The van der Waals surface area contributed by atoms with Crippen molar-refractivity contribution in [3.05, 3.63) is 59.2 Å². The summed E-state index contributed by atoms with van der Waals surface area (Å²) in [6, 6.07) is 11.7. The van der Waals surface area contributed by atoms with Crippen molar-refractivity contribution in [2.75, 3.05) is 24.2 Å². The second-order valence-corrected chi connectivity index (χ2v) is 11.8. The van der Waals surface area contributed by atoms with E-state index in [1.54, 1.807) is 38.3 Å². The number of hydrogen-bond donors (Lipinski definition) is 1. The molecule has 1 atom stereocenters. The molecular weight excluding hydrogens is 466 g/mol. The van der Waals surface area contributed by atoms with Crippen molar-refractivity contribution in [2.24, 2.45) is 0 Å². The highest BCUT2D eigenvalue weighted by atomic mass is 32.2. The maximum Gasteiger partial charge on any atom is 0.244 e. The summed E-state index contributed by atoms with van der Waals surface area (Å²) in [4.78, 5) is 28.0. The fourth-order valence-corrected chi connectivity index (χ4v) is 4.53. The Hall–Kier alpha value is -3.07. The van der Waals surface area contributed by atoms with E-state index in [-0.39, 0.29) is 12.5 Å². The van der Waals surface area contributed by atoms with Gasteiger partial charge in [-0.05, 0) is 82.5 Å². The van der Waals surface area contributed by atoms with Crippen LogP contribution in [0.25, 0.3) is 0 Å². The number of benzene rings is 2. The van der Waals surface area contributed by atoms with Crippen LogP contribution in [0.3, 0.4) is 0 Å². The number of nitrogens with one attached hydrogen (secondary N) is 1. The smallest absolute Gasteiger partial charge is 0.244 e. The first-order valence-electron chi connectivity index (χ1n) is 11.4. The first-order valence-corrected chi connectivity index (χ1v) is 13.3. The summed E-state index contributed by atoms with van der Waals surface area (Å²) >= 11 is 0. The quantitative estimate of drug-likeness (QED) is 0.566. The van der Waals surface area contributed by atoms with E-state index in [1.165, 1.54) is 4.90 Å². The number of aryl methyl sites for hydroxylation is 2. The van der Waals surface area contributed by atoms with Crippen LogP contribution in [0, 0.1) is 13.8 Å². The highest BCUT2D eigenvalue weighted by Crippen LogP contribution is 2.22. The van der Waals surface area contributed by atoms with Gasteiger partial charge in [-0.15, -0.1) is 0 Å². The minimum absolute atomic E-state index is 0.131. The zero-order valence-electron chi connectivity index (χ0n) is 21.9. The topological polar surface area (TPSA) is 96.0 Å². The Kier molecular flexibility index (Phi) is 8.94. The molecule has 1 N–H and O–H groups in total. The van der Waals surface area contributed by atoms with E-state index in [1.807, 2.05) is 52.8 Å². The van der Waals surface area contributed by atoms with Gasteiger partial charge in [-0.3, -0.25) is 13.9 Å². The van der Waals surface area contributed by atoms with Crippen LogP contribution in [-0.2, 0) is 26.2 Å². The van der Waals surface area contributed by atoms with Crippen molar-refractivity contribution in [3.8, 4) is 5.75 Å². The number of hydrogen-bond acceptors (Lipinski definition) is 5. The van der Waals surface area contributed by atoms with Crippen LogP contribution < -0.4 is 14.4 Å². The Morgan fingerprint density at radius 2 is 1.57 bits per heavy atom. The number of anilines is 1. The molecule has 0 heterocycles. The Labute approximate surface area is 209 Å². The van der Waals surface area contributed by atoms with Gasteiger partial charge < -0.3 is 15.0 Å². The monoisotopic (exact) mass is 503 g/mol. The van der Waals surface area contributed by atoms with E-state index in [0.29, 0.717) is 11.4 Å². The van der Waals surface area contributed by atoms with Crippen LogP contribution in [0.5, 0.6) is 5.75 Å². The number of sulfonamides is 1. The third kappa shape index (κ3) is 8.28. The predicted octanol–water partition coefficient (Wildman–Crippen LogP) is 3.41. The maximum atomic E-state index is 13.6. The zero-order valence-corrected chi connectivity index (χ0v) is 22.7. The molecule has 2 rings (SSSR count). The molecule has 0 aliphatic rings. The minimum atomic E-state index is -3.77. The molecule has 35 heavy (non-hydrogen) atoms. The molecule has 0 aromatic heterocycles. The average Bonchev–Trinajstić information content (AvgIpc) is 2.72. The zero-order chi connectivity index (χ0) is 26.6. The van der Waals surface area contributed by atoms with Gasteiger partial charge in [0.05, 0.1) is 19.1 Å². The van der Waals surface area contributed by atoms with Crippen molar-refractivity contribution in [1.29, 1.82) is 0 Å². The normalized spacial score (nSPS) is 12.6. The van der Waals surface area contributed by atoms with Crippen LogP contribution in [0.4, 0.5) is 5.69 Å². The van der Waals surface area contributed by atoms with Crippen LogP contribution in [0.1, 0.15) is 44.4 Å². The fraction of sp³-hybridized carbons (Fsp3) is 0.462. The molecule has 0 radical (unpaired) electrons. The van der Waals surface area contributed by atoms with Gasteiger partial charge in [-0.25, -0.2) is 8.42 Å². The molecule has 192 valence electrons. The number of carbonyl (C=O) groups is 2. The summed E-state index contributed by atoms with van der Waals surface area (Å²) in [5.41, 5.74) is 2.47. The molecule has 0 saturated heterocycles. The van der Waals surface area contributed by atoms with Crippen molar-refractivity contribution < 1.29 is 22.7 Å². The van der Waals surface area contributed by atoms with Crippen LogP contribution in [0.2, 0.25) is 0 Å². The molecule has 2 aromatic rings. The van der Waals surface area contributed by atoms with Crippen LogP contribution >= 0.6 is 0 Å². The van der Waals surface area contributed by atoms with Crippen LogP contribution in [0.15, 0.2) is 42.5 Å². The lowest BCUT2D eigenvalue weighted by Crippen LogP contribution is -2.54. The second-order valence-electron chi connectivity index (χ2n) is 9.90. The van der Waals surface area contributed by atoms with Gasteiger partial charge in [0.25, 0.3) is 0 Å². The van der Waals surface area contributed by atoms with Crippen LogP contribution in [-0.4, -0.2) is 56.6 Å². The third-order valence-corrected chi connectivity index (χ3v) is 6.49. The summed E-state index contributed by atoms with van der Waals surface area (Å²) < 4.78 is 31.7. The first kappa shape index (κ1) is 28.2. The lowest BCUT2D eigenvalue weighted by atomic mass is 10.1. The van der Waals surface area contributed by atoms with Gasteiger partial charge in [-0.2, -0.15) is 0 Å². The van der Waals surface area contributed by atoms with E-state index in [4.69, 9.17) is 4.74 Å². The van der Waals surface area contributed by atoms with Crippen molar-refractivity contribution in [2.45, 2.75) is 59.7 Å².